The van der Waals surface area contributed by atoms with Gasteiger partial charge in [0, 0.05) is 29.7 Å². The van der Waals surface area contributed by atoms with E-state index in [1.54, 1.807) is 11.3 Å². The first-order chi connectivity index (χ1) is 8.62. The van der Waals surface area contributed by atoms with Gasteiger partial charge in [-0.05, 0) is 32.9 Å². The Bertz CT molecular complexity index is 350. The summed E-state index contributed by atoms with van der Waals surface area (Å²) in [6, 6.07) is 0. The fourth-order valence-electron chi connectivity index (χ4n) is 3.10. The Labute approximate surface area is 115 Å². The number of nitrogens with one attached hydrogen (secondary N) is 1. The number of hydrogen-bond acceptors (Lipinski definition) is 4. The second-order valence-electron chi connectivity index (χ2n) is 5.89. The molecule has 1 aliphatic carbocycles. The standard InChI is InChI=1S/C14H25N3S/c1-12-5-4-6-14(7-12,17(2)3)10-15-8-13-9-16-11-18-13/h9,11-12,15H,4-8,10H2,1-3H3. The van der Waals surface area contributed by atoms with Crippen molar-refractivity contribution < 1.29 is 0 Å². The van der Waals surface area contributed by atoms with Crippen LogP contribution >= 0.6 is 11.3 Å². The van der Waals surface area contributed by atoms with Crippen molar-refractivity contribution in [2.24, 2.45) is 5.92 Å². The highest BCUT2D eigenvalue weighted by Crippen LogP contribution is 2.35. The van der Waals surface area contributed by atoms with E-state index in [1.807, 2.05) is 11.7 Å². The van der Waals surface area contributed by atoms with E-state index in [9.17, 15) is 0 Å². The molecule has 0 radical (unpaired) electrons. The number of nitrogens with zero attached hydrogens (tertiary/aromatic N) is 2. The van der Waals surface area contributed by atoms with Crippen molar-refractivity contribution in [2.75, 3.05) is 20.6 Å². The second kappa shape index (κ2) is 6.13. The SMILES string of the molecule is CC1CCCC(CNCc2cncs2)(N(C)C)C1. The smallest absolute Gasteiger partial charge is 0.0794 e. The van der Waals surface area contributed by atoms with Crippen molar-refractivity contribution in [3.63, 3.8) is 0 Å². The van der Waals surface area contributed by atoms with Crippen LogP contribution in [0.3, 0.4) is 0 Å². The summed E-state index contributed by atoms with van der Waals surface area (Å²) < 4.78 is 0. The number of hydrogen-bond donors (Lipinski definition) is 1. The van der Waals surface area contributed by atoms with Crippen molar-refractivity contribution in [1.82, 2.24) is 15.2 Å². The molecule has 1 N–H and O–H groups in total. The molecule has 1 aromatic rings. The lowest BCUT2D eigenvalue weighted by Gasteiger charge is -2.45. The number of thiazole rings is 1. The molecule has 0 saturated heterocycles. The lowest BCUT2D eigenvalue weighted by Crippen LogP contribution is -2.54. The zero-order valence-corrected chi connectivity index (χ0v) is 12.6. The van der Waals surface area contributed by atoms with Gasteiger partial charge in [-0.2, -0.15) is 0 Å². The highest BCUT2D eigenvalue weighted by molar-refractivity contribution is 7.09. The summed E-state index contributed by atoms with van der Waals surface area (Å²) in [5, 5.41) is 3.63. The van der Waals surface area contributed by atoms with Gasteiger partial charge in [-0.3, -0.25) is 4.98 Å². The Morgan fingerprint density at radius 1 is 1.56 bits per heavy atom. The molecule has 1 saturated carbocycles. The van der Waals surface area contributed by atoms with Crippen molar-refractivity contribution in [3.8, 4) is 0 Å². The highest BCUT2D eigenvalue weighted by atomic mass is 32.1. The molecule has 18 heavy (non-hydrogen) atoms. The van der Waals surface area contributed by atoms with Gasteiger partial charge < -0.3 is 10.2 Å². The first-order valence-electron chi connectivity index (χ1n) is 6.88. The lowest BCUT2D eigenvalue weighted by molar-refractivity contribution is 0.0750. The molecule has 1 fully saturated rings. The third kappa shape index (κ3) is 3.31. The van der Waals surface area contributed by atoms with Gasteiger partial charge in [-0.25, -0.2) is 0 Å². The predicted molar refractivity (Wildman–Crippen MR) is 77.9 cm³/mol. The van der Waals surface area contributed by atoms with Crippen LogP contribution in [-0.4, -0.2) is 36.1 Å². The molecule has 0 aliphatic heterocycles. The van der Waals surface area contributed by atoms with E-state index in [0.717, 1.165) is 19.0 Å². The van der Waals surface area contributed by atoms with E-state index in [4.69, 9.17) is 0 Å². The predicted octanol–water partition coefficient (Wildman–Crippen LogP) is 2.74. The van der Waals surface area contributed by atoms with Crippen LogP contribution in [0.1, 0.15) is 37.5 Å². The topological polar surface area (TPSA) is 28.2 Å². The summed E-state index contributed by atoms with van der Waals surface area (Å²) >= 11 is 1.73. The van der Waals surface area contributed by atoms with E-state index in [-0.39, 0.29) is 0 Å². The van der Waals surface area contributed by atoms with E-state index >= 15 is 0 Å². The molecule has 0 bridgehead atoms. The monoisotopic (exact) mass is 267 g/mol. The molecule has 2 unspecified atom stereocenters. The Kier molecular flexibility index (Phi) is 4.76. The van der Waals surface area contributed by atoms with Gasteiger partial charge in [0.15, 0.2) is 0 Å². The van der Waals surface area contributed by atoms with Crippen molar-refractivity contribution in [1.29, 1.82) is 0 Å². The zero-order valence-electron chi connectivity index (χ0n) is 11.8. The molecular weight excluding hydrogens is 242 g/mol. The minimum Gasteiger partial charge on any atom is -0.310 e. The zero-order chi connectivity index (χ0) is 13.0. The van der Waals surface area contributed by atoms with Crippen LogP contribution < -0.4 is 5.32 Å². The van der Waals surface area contributed by atoms with Crippen LogP contribution in [0.4, 0.5) is 0 Å². The largest absolute Gasteiger partial charge is 0.310 e. The summed E-state index contributed by atoms with van der Waals surface area (Å²) in [5.41, 5.74) is 2.25. The van der Waals surface area contributed by atoms with Gasteiger partial charge in [0.1, 0.15) is 0 Å². The molecule has 1 aromatic heterocycles. The fraction of sp³-hybridized carbons (Fsp3) is 0.786. The summed E-state index contributed by atoms with van der Waals surface area (Å²) in [7, 11) is 4.46. The van der Waals surface area contributed by atoms with Gasteiger partial charge in [0.2, 0.25) is 0 Å². The van der Waals surface area contributed by atoms with Crippen LogP contribution in [0.15, 0.2) is 11.7 Å². The normalized spacial score (nSPS) is 28.8. The molecule has 2 rings (SSSR count). The maximum atomic E-state index is 4.12. The summed E-state index contributed by atoms with van der Waals surface area (Å²) in [4.78, 5) is 7.88. The van der Waals surface area contributed by atoms with E-state index in [0.29, 0.717) is 5.54 Å². The Balaban J connectivity index is 1.89. The number of aromatic nitrogens is 1. The number of rotatable bonds is 5. The summed E-state index contributed by atoms with van der Waals surface area (Å²) in [6.45, 7) is 4.43. The first kappa shape index (κ1) is 14.0. The van der Waals surface area contributed by atoms with Gasteiger partial charge >= 0.3 is 0 Å². The van der Waals surface area contributed by atoms with Gasteiger partial charge in [-0.15, -0.1) is 11.3 Å². The molecule has 1 heterocycles. The molecule has 2 atom stereocenters. The molecule has 0 aromatic carbocycles. The second-order valence-corrected chi connectivity index (χ2v) is 6.86. The Morgan fingerprint density at radius 3 is 3.00 bits per heavy atom. The van der Waals surface area contributed by atoms with E-state index in [2.05, 4.69) is 36.2 Å². The molecule has 0 spiro atoms. The van der Waals surface area contributed by atoms with E-state index in [1.165, 1.54) is 30.6 Å². The summed E-state index contributed by atoms with van der Waals surface area (Å²) in [5.74, 6) is 0.853. The van der Waals surface area contributed by atoms with Gasteiger partial charge in [-0.1, -0.05) is 19.8 Å². The van der Waals surface area contributed by atoms with Crippen molar-refractivity contribution >= 4 is 11.3 Å². The lowest BCUT2D eigenvalue weighted by atomic mass is 9.75. The fourth-order valence-corrected chi connectivity index (χ4v) is 3.67. The third-order valence-corrected chi connectivity index (χ3v) is 5.03. The van der Waals surface area contributed by atoms with Gasteiger partial charge in [0.25, 0.3) is 0 Å². The van der Waals surface area contributed by atoms with Crippen LogP contribution in [0.2, 0.25) is 0 Å². The van der Waals surface area contributed by atoms with Crippen LogP contribution in [0.25, 0.3) is 0 Å². The van der Waals surface area contributed by atoms with Crippen molar-refractivity contribution in [3.05, 3.63) is 16.6 Å². The van der Waals surface area contributed by atoms with Crippen molar-refractivity contribution in [2.45, 2.75) is 44.7 Å². The minimum atomic E-state index is 0.350. The Hall–Kier alpha value is -0.450. The molecule has 3 nitrogen and oxygen atoms in total. The quantitative estimate of drug-likeness (QED) is 0.889. The maximum absolute atomic E-state index is 4.12. The molecule has 102 valence electrons. The van der Waals surface area contributed by atoms with Crippen LogP contribution in [0.5, 0.6) is 0 Å². The molecule has 1 aliphatic rings. The highest BCUT2D eigenvalue weighted by Gasteiger charge is 2.36. The molecular formula is C14H25N3S. The average Bonchev–Trinajstić information content (AvgIpc) is 2.82. The van der Waals surface area contributed by atoms with E-state index < -0.39 is 0 Å². The maximum Gasteiger partial charge on any atom is 0.0794 e. The Morgan fingerprint density at radius 2 is 2.39 bits per heavy atom. The molecule has 0 amide bonds. The number of likely N-dealkylation sites (N-methyl/N-ethyl adjacent to an activating group) is 1. The first-order valence-corrected chi connectivity index (χ1v) is 7.76. The van der Waals surface area contributed by atoms with Crippen LogP contribution in [0, 0.1) is 5.92 Å². The average molecular weight is 267 g/mol. The minimum absolute atomic E-state index is 0.350. The molecule has 4 heteroatoms. The van der Waals surface area contributed by atoms with Gasteiger partial charge in [0.05, 0.1) is 5.51 Å². The van der Waals surface area contributed by atoms with Crippen LogP contribution in [-0.2, 0) is 6.54 Å². The third-order valence-electron chi connectivity index (χ3n) is 4.25. The summed E-state index contributed by atoms with van der Waals surface area (Å²) in [6.07, 6.45) is 7.35.